The quantitative estimate of drug-likeness (QED) is 0.832. The Morgan fingerprint density at radius 3 is 2.26 bits per heavy atom. The maximum absolute atomic E-state index is 12.8. The summed E-state index contributed by atoms with van der Waals surface area (Å²) in [6.45, 7) is 1.88. The zero-order chi connectivity index (χ0) is 13.8. The van der Waals surface area contributed by atoms with E-state index in [1.807, 2.05) is 19.1 Å². The van der Waals surface area contributed by atoms with Crippen molar-refractivity contribution in [2.24, 2.45) is 0 Å². The van der Waals surface area contributed by atoms with Crippen LogP contribution in [0.25, 0.3) is 0 Å². The minimum Gasteiger partial charge on any atom is -0.399 e. The highest BCUT2D eigenvalue weighted by Crippen LogP contribution is 2.15. The van der Waals surface area contributed by atoms with Crippen molar-refractivity contribution in [1.29, 1.82) is 0 Å². The molecule has 0 aromatic heterocycles. The van der Waals surface area contributed by atoms with Crippen LogP contribution in [-0.2, 0) is 0 Å². The van der Waals surface area contributed by atoms with Gasteiger partial charge in [0, 0.05) is 11.3 Å². The largest absolute Gasteiger partial charge is 0.399 e. The third-order valence-electron chi connectivity index (χ3n) is 2.89. The maximum Gasteiger partial charge on any atom is 0.251 e. The van der Waals surface area contributed by atoms with Gasteiger partial charge in [-0.2, -0.15) is 0 Å². The van der Waals surface area contributed by atoms with Gasteiger partial charge < -0.3 is 11.1 Å². The van der Waals surface area contributed by atoms with Crippen molar-refractivity contribution in [2.75, 3.05) is 5.73 Å². The van der Waals surface area contributed by atoms with Crippen molar-refractivity contribution in [3.05, 3.63) is 65.5 Å². The fraction of sp³-hybridized carbons (Fsp3) is 0.133. The highest BCUT2D eigenvalue weighted by atomic mass is 19.1. The molecule has 2 aromatic rings. The SMILES string of the molecule is CC(NC(=O)c1ccc(F)cc1)c1ccc(N)cc1. The van der Waals surface area contributed by atoms with Crippen molar-refractivity contribution < 1.29 is 9.18 Å². The van der Waals surface area contributed by atoms with Crippen LogP contribution >= 0.6 is 0 Å². The van der Waals surface area contributed by atoms with Crippen molar-refractivity contribution in [1.82, 2.24) is 5.32 Å². The summed E-state index contributed by atoms with van der Waals surface area (Å²) in [5, 5.41) is 2.85. The Hall–Kier alpha value is -2.36. The number of benzene rings is 2. The standard InChI is InChI=1S/C15H15FN2O/c1-10(11-4-8-14(17)9-5-11)18-15(19)12-2-6-13(16)7-3-12/h2-10H,17H2,1H3,(H,18,19). The van der Waals surface area contributed by atoms with E-state index in [1.54, 1.807) is 12.1 Å². The number of carbonyl (C=O) groups excluding carboxylic acids is 1. The smallest absolute Gasteiger partial charge is 0.251 e. The van der Waals surface area contributed by atoms with E-state index in [9.17, 15) is 9.18 Å². The highest BCUT2D eigenvalue weighted by Gasteiger charge is 2.11. The molecule has 0 aliphatic carbocycles. The van der Waals surface area contributed by atoms with E-state index in [1.165, 1.54) is 24.3 Å². The zero-order valence-electron chi connectivity index (χ0n) is 10.6. The Bertz CT molecular complexity index is 564. The molecule has 3 nitrogen and oxygen atoms in total. The number of nitrogens with one attached hydrogen (secondary N) is 1. The lowest BCUT2D eigenvalue weighted by atomic mass is 10.1. The molecule has 3 N–H and O–H groups in total. The van der Waals surface area contributed by atoms with Gasteiger partial charge in [-0.25, -0.2) is 4.39 Å². The summed E-state index contributed by atoms with van der Waals surface area (Å²) in [5.74, 6) is -0.590. The van der Waals surface area contributed by atoms with Gasteiger partial charge in [-0.05, 0) is 48.9 Å². The zero-order valence-corrected chi connectivity index (χ0v) is 10.6. The molecule has 0 radical (unpaired) electrons. The van der Waals surface area contributed by atoms with Crippen LogP contribution in [0.4, 0.5) is 10.1 Å². The third-order valence-corrected chi connectivity index (χ3v) is 2.89. The van der Waals surface area contributed by atoms with E-state index in [0.29, 0.717) is 11.3 Å². The number of halogens is 1. The highest BCUT2D eigenvalue weighted by molar-refractivity contribution is 5.94. The fourth-order valence-corrected chi connectivity index (χ4v) is 1.75. The summed E-state index contributed by atoms with van der Waals surface area (Å²) in [4.78, 5) is 11.9. The average molecular weight is 258 g/mol. The summed E-state index contributed by atoms with van der Waals surface area (Å²) in [6, 6.07) is 12.6. The summed E-state index contributed by atoms with van der Waals surface area (Å²) in [5.41, 5.74) is 7.69. The summed E-state index contributed by atoms with van der Waals surface area (Å²) < 4.78 is 12.8. The van der Waals surface area contributed by atoms with Crippen molar-refractivity contribution >= 4 is 11.6 Å². The third kappa shape index (κ3) is 3.31. The monoisotopic (exact) mass is 258 g/mol. The van der Waals surface area contributed by atoms with Crippen LogP contribution in [0.5, 0.6) is 0 Å². The van der Waals surface area contributed by atoms with E-state index in [4.69, 9.17) is 5.73 Å². The lowest BCUT2D eigenvalue weighted by Crippen LogP contribution is -2.26. The number of nitrogens with two attached hydrogens (primary N) is 1. The molecule has 2 aromatic carbocycles. The predicted molar refractivity (Wildman–Crippen MR) is 73.1 cm³/mol. The van der Waals surface area contributed by atoms with Gasteiger partial charge in [-0.1, -0.05) is 12.1 Å². The molecular formula is C15H15FN2O. The Morgan fingerprint density at radius 1 is 1.11 bits per heavy atom. The number of hydrogen-bond donors (Lipinski definition) is 2. The molecule has 0 bridgehead atoms. The summed E-state index contributed by atoms with van der Waals surface area (Å²) in [6.07, 6.45) is 0. The molecule has 19 heavy (non-hydrogen) atoms. The molecule has 0 fully saturated rings. The number of carbonyl (C=O) groups is 1. The van der Waals surface area contributed by atoms with Gasteiger partial charge in [0.05, 0.1) is 6.04 Å². The first-order valence-electron chi connectivity index (χ1n) is 5.98. The number of hydrogen-bond acceptors (Lipinski definition) is 2. The van der Waals surface area contributed by atoms with Crippen LogP contribution < -0.4 is 11.1 Å². The molecule has 98 valence electrons. The lowest BCUT2D eigenvalue weighted by Gasteiger charge is -2.14. The van der Waals surface area contributed by atoms with Crippen LogP contribution in [0.15, 0.2) is 48.5 Å². The molecule has 0 aliphatic heterocycles. The van der Waals surface area contributed by atoms with E-state index in [0.717, 1.165) is 5.56 Å². The van der Waals surface area contributed by atoms with Gasteiger partial charge in [-0.3, -0.25) is 4.79 Å². The van der Waals surface area contributed by atoms with Crippen molar-refractivity contribution in [2.45, 2.75) is 13.0 Å². The van der Waals surface area contributed by atoms with Gasteiger partial charge in [0.15, 0.2) is 0 Å². The molecule has 0 heterocycles. The number of nitrogen functional groups attached to an aromatic ring is 1. The minimum absolute atomic E-state index is 0.141. The second kappa shape index (κ2) is 5.52. The maximum atomic E-state index is 12.8. The molecule has 0 saturated carbocycles. The van der Waals surface area contributed by atoms with Gasteiger partial charge in [0.2, 0.25) is 0 Å². The predicted octanol–water partition coefficient (Wildman–Crippen LogP) is 2.90. The Balaban J connectivity index is 2.06. The number of rotatable bonds is 3. The van der Waals surface area contributed by atoms with Crippen LogP contribution in [0.3, 0.4) is 0 Å². The van der Waals surface area contributed by atoms with Gasteiger partial charge in [0.1, 0.15) is 5.82 Å². The Kier molecular flexibility index (Phi) is 3.80. The molecule has 1 atom stereocenters. The second-order valence-corrected chi connectivity index (χ2v) is 4.37. The average Bonchev–Trinajstić information content (AvgIpc) is 2.40. The first-order valence-corrected chi connectivity index (χ1v) is 5.98. The molecule has 0 spiro atoms. The van der Waals surface area contributed by atoms with E-state index < -0.39 is 0 Å². The summed E-state index contributed by atoms with van der Waals surface area (Å²) >= 11 is 0. The van der Waals surface area contributed by atoms with Crippen LogP contribution in [0, 0.1) is 5.82 Å². The van der Waals surface area contributed by atoms with Crippen LogP contribution in [0.1, 0.15) is 28.9 Å². The molecule has 1 amide bonds. The van der Waals surface area contributed by atoms with Gasteiger partial charge in [0.25, 0.3) is 5.91 Å². The van der Waals surface area contributed by atoms with E-state index in [2.05, 4.69) is 5.32 Å². The van der Waals surface area contributed by atoms with Crippen LogP contribution in [-0.4, -0.2) is 5.91 Å². The number of amides is 1. The number of anilines is 1. The first kappa shape index (κ1) is 13.1. The Morgan fingerprint density at radius 2 is 1.68 bits per heavy atom. The van der Waals surface area contributed by atoms with Crippen molar-refractivity contribution in [3.63, 3.8) is 0 Å². The second-order valence-electron chi connectivity index (χ2n) is 4.37. The lowest BCUT2D eigenvalue weighted by molar-refractivity contribution is 0.0940. The van der Waals surface area contributed by atoms with E-state index in [-0.39, 0.29) is 17.8 Å². The van der Waals surface area contributed by atoms with Crippen molar-refractivity contribution in [3.8, 4) is 0 Å². The molecule has 2 rings (SSSR count). The topological polar surface area (TPSA) is 55.1 Å². The van der Waals surface area contributed by atoms with Gasteiger partial charge >= 0.3 is 0 Å². The van der Waals surface area contributed by atoms with E-state index >= 15 is 0 Å². The molecular weight excluding hydrogens is 243 g/mol. The summed E-state index contributed by atoms with van der Waals surface area (Å²) in [7, 11) is 0. The minimum atomic E-state index is -0.358. The van der Waals surface area contributed by atoms with Gasteiger partial charge in [-0.15, -0.1) is 0 Å². The molecule has 1 unspecified atom stereocenters. The fourth-order valence-electron chi connectivity index (χ4n) is 1.75. The normalized spacial score (nSPS) is 11.9. The molecule has 4 heteroatoms. The molecule has 0 aliphatic rings. The Labute approximate surface area is 111 Å². The first-order chi connectivity index (χ1) is 9.06. The van der Waals surface area contributed by atoms with Crippen LogP contribution in [0.2, 0.25) is 0 Å². The molecule has 0 saturated heterocycles.